The van der Waals surface area contributed by atoms with Gasteiger partial charge in [-0.05, 0) is 64.0 Å². The lowest BCUT2D eigenvalue weighted by molar-refractivity contribution is -0.145. The van der Waals surface area contributed by atoms with Crippen molar-refractivity contribution in [2.24, 2.45) is 5.92 Å². The van der Waals surface area contributed by atoms with Gasteiger partial charge >= 0.3 is 18.1 Å². The summed E-state index contributed by atoms with van der Waals surface area (Å²) in [5.41, 5.74) is 0.257. The van der Waals surface area contributed by atoms with E-state index in [-0.39, 0.29) is 25.3 Å². The third-order valence-corrected chi connectivity index (χ3v) is 9.07. The van der Waals surface area contributed by atoms with Gasteiger partial charge in [0.05, 0.1) is 6.54 Å². The van der Waals surface area contributed by atoms with Gasteiger partial charge < -0.3 is 35.6 Å². The first-order chi connectivity index (χ1) is 21.4. The molecule has 0 unspecified atom stereocenters. The second kappa shape index (κ2) is 13.1. The summed E-state index contributed by atoms with van der Waals surface area (Å²) in [5.74, 6) is -2.55. The van der Waals surface area contributed by atoms with Crippen LogP contribution in [0.15, 0.2) is 36.4 Å². The van der Waals surface area contributed by atoms with E-state index in [9.17, 15) is 29.1 Å². The van der Waals surface area contributed by atoms with Crippen LogP contribution in [0.2, 0.25) is 0 Å². The number of allylic oxidation sites excluding steroid dienone is 1. The van der Waals surface area contributed by atoms with Crippen molar-refractivity contribution in [2.45, 2.75) is 108 Å². The van der Waals surface area contributed by atoms with Gasteiger partial charge in [-0.25, -0.2) is 14.4 Å². The molecule has 5 atom stereocenters. The minimum absolute atomic E-state index is 0.0187. The van der Waals surface area contributed by atoms with Gasteiger partial charge in [0.25, 0.3) is 0 Å². The monoisotopic (exact) mass is 623 g/mol. The van der Waals surface area contributed by atoms with Crippen molar-refractivity contribution >= 4 is 29.9 Å². The molecule has 0 spiro atoms. The van der Waals surface area contributed by atoms with Gasteiger partial charge in [-0.15, -0.1) is 0 Å². The largest absolute Gasteiger partial charge is 0.479 e. The fourth-order valence-corrected chi connectivity index (χ4v) is 6.55. The summed E-state index contributed by atoms with van der Waals surface area (Å²) in [5, 5.41) is 18.4. The Morgan fingerprint density at radius 3 is 2.58 bits per heavy atom. The van der Waals surface area contributed by atoms with Crippen LogP contribution in [0.25, 0.3) is 0 Å². The third kappa shape index (κ3) is 7.59. The molecule has 5 rings (SSSR count). The Hall–Kier alpha value is -4.09. The topological polar surface area (TPSA) is 157 Å². The van der Waals surface area contributed by atoms with Crippen molar-refractivity contribution in [3.63, 3.8) is 0 Å². The number of hydrogen-bond acceptors (Lipinski definition) is 6. The van der Waals surface area contributed by atoms with Crippen LogP contribution in [-0.4, -0.2) is 87.2 Å². The van der Waals surface area contributed by atoms with Crippen molar-refractivity contribution in [1.82, 2.24) is 25.8 Å². The molecule has 1 saturated carbocycles. The summed E-state index contributed by atoms with van der Waals surface area (Å²) in [6.45, 7) is 6.35. The van der Waals surface area contributed by atoms with Crippen molar-refractivity contribution in [2.75, 3.05) is 13.1 Å². The quantitative estimate of drug-likeness (QED) is 0.377. The first-order valence-corrected chi connectivity index (χ1v) is 16.0. The van der Waals surface area contributed by atoms with E-state index < -0.39 is 59.2 Å². The molecule has 3 aliphatic heterocycles. The first-order valence-electron chi connectivity index (χ1n) is 16.0. The number of carbonyl (C=O) groups excluding carboxylic acids is 4. The molecule has 1 aromatic rings. The van der Waals surface area contributed by atoms with E-state index >= 15 is 0 Å². The number of carbonyl (C=O) groups is 5. The summed E-state index contributed by atoms with van der Waals surface area (Å²) in [7, 11) is 0. The molecule has 0 bridgehead atoms. The molecule has 3 heterocycles. The van der Waals surface area contributed by atoms with Crippen molar-refractivity contribution in [3.05, 3.63) is 47.5 Å². The number of benzene rings is 1. The molecule has 2 fully saturated rings. The van der Waals surface area contributed by atoms with E-state index in [1.165, 1.54) is 10.5 Å². The Balaban J connectivity index is 1.36. The smallest absolute Gasteiger partial charge is 0.410 e. The minimum Gasteiger partial charge on any atom is -0.479 e. The van der Waals surface area contributed by atoms with Gasteiger partial charge in [-0.3, -0.25) is 9.59 Å². The van der Waals surface area contributed by atoms with Crippen LogP contribution in [-0.2, 0) is 32.1 Å². The zero-order valence-corrected chi connectivity index (χ0v) is 26.3. The second-order valence-electron chi connectivity index (χ2n) is 13.7. The van der Waals surface area contributed by atoms with Crippen molar-refractivity contribution in [1.29, 1.82) is 0 Å². The molecule has 1 aliphatic carbocycles. The van der Waals surface area contributed by atoms with Gasteiger partial charge in [0.15, 0.2) is 0 Å². The third-order valence-electron chi connectivity index (χ3n) is 9.07. The van der Waals surface area contributed by atoms with Gasteiger partial charge in [0.2, 0.25) is 11.8 Å². The molecule has 1 saturated heterocycles. The molecule has 1 aromatic carbocycles. The number of fused-ring (bicyclic) bond motifs is 3. The molecule has 5 amide bonds. The zero-order chi connectivity index (χ0) is 32.4. The van der Waals surface area contributed by atoms with Gasteiger partial charge in [-0.1, -0.05) is 49.3 Å². The number of nitrogens with one attached hydrogen (secondary N) is 3. The number of aliphatic carboxylic acids is 1. The van der Waals surface area contributed by atoms with E-state index in [2.05, 4.69) is 16.0 Å². The Morgan fingerprint density at radius 1 is 1.09 bits per heavy atom. The van der Waals surface area contributed by atoms with Crippen LogP contribution in [0.4, 0.5) is 9.59 Å². The highest BCUT2D eigenvalue weighted by Crippen LogP contribution is 2.45. The van der Waals surface area contributed by atoms with Crippen LogP contribution < -0.4 is 16.0 Å². The van der Waals surface area contributed by atoms with E-state index in [4.69, 9.17) is 4.74 Å². The zero-order valence-electron chi connectivity index (χ0n) is 26.3. The summed E-state index contributed by atoms with van der Waals surface area (Å²) in [6, 6.07) is 5.43. The number of ether oxygens (including phenoxy) is 1. The average Bonchev–Trinajstić information content (AvgIpc) is 3.51. The fraction of sp³-hybridized carbons (Fsp3) is 0.606. The summed E-state index contributed by atoms with van der Waals surface area (Å²) in [6.07, 6.45) is 6.91. The van der Waals surface area contributed by atoms with Crippen molar-refractivity contribution in [3.8, 4) is 0 Å². The Bertz CT molecular complexity index is 1360. The van der Waals surface area contributed by atoms with Crippen LogP contribution in [0.1, 0.15) is 76.8 Å². The average molecular weight is 624 g/mol. The number of carboxylic acids is 1. The molecule has 45 heavy (non-hydrogen) atoms. The van der Waals surface area contributed by atoms with E-state index in [0.717, 1.165) is 24.8 Å². The summed E-state index contributed by atoms with van der Waals surface area (Å²) < 4.78 is 5.88. The van der Waals surface area contributed by atoms with E-state index in [0.29, 0.717) is 32.4 Å². The fourth-order valence-electron chi connectivity index (χ4n) is 6.55. The predicted molar refractivity (Wildman–Crippen MR) is 165 cm³/mol. The number of amides is 5. The SMILES string of the molecule is CC(C)(C)NC(=O)N[C@H]1CCCCC/C=C/[C@@H]2C[C@@]2(C(=O)O)NC(=O)[C@@H]2C[C@@H](OC(=O)N3CCc4ccccc4C3)CN2C1=O. The highest BCUT2D eigenvalue weighted by Gasteiger charge is 2.61. The maximum atomic E-state index is 14.1. The summed E-state index contributed by atoms with van der Waals surface area (Å²) in [4.78, 5) is 69.3. The lowest BCUT2D eigenvalue weighted by Crippen LogP contribution is -2.58. The number of nitrogens with zero attached hydrogens (tertiary/aromatic N) is 2. The highest BCUT2D eigenvalue weighted by molar-refractivity contribution is 5.96. The standard InChI is InChI=1S/C33H45N5O7/c1-32(2,3)36-30(43)34-25-14-8-6-4-5-7-13-23-18-33(23,29(41)42)35-27(39)26-17-24(20-38(26)28(25)40)45-31(44)37-16-15-21-11-9-10-12-22(21)19-37/h7,9-13,23-26H,4-6,8,14-20H2,1-3H3,(H,35,39)(H,41,42)(H2,34,36,43)/b13-7+/t23-,24-,25+,26+,33-/m1/s1. The van der Waals surface area contributed by atoms with E-state index in [1.54, 1.807) is 4.90 Å². The highest BCUT2D eigenvalue weighted by atomic mass is 16.6. The Morgan fingerprint density at radius 2 is 1.84 bits per heavy atom. The molecule has 4 aliphatic rings. The Kier molecular flexibility index (Phi) is 9.41. The molecule has 4 N–H and O–H groups in total. The van der Waals surface area contributed by atoms with Gasteiger partial charge in [0.1, 0.15) is 23.7 Å². The second-order valence-corrected chi connectivity index (χ2v) is 13.7. The number of rotatable bonds is 3. The predicted octanol–water partition coefficient (Wildman–Crippen LogP) is 3.10. The number of carboxylic acid groups (broad SMARTS) is 1. The summed E-state index contributed by atoms with van der Waals surface area (Å²) >= 11 is 0. The molecule has 244 valence electrons. The number of urea groups is 1. The molecule has 0 aromatic heterocycles. The maximum absolute atomic E-state index is 14.1. The van der Waals surface area contributed by atoms with Crippen LogP contribution in [0.5, 0.6) is 0 Å². The molecule has 0 radical (unpaired) electrons. The lowest BCUT2D eigenvalue weighted by atomic mass is 10.0. The van der Waals surface area contributed by atoms with Crippen molar-refractivity contribution < 1.29 is 33.8 Å². The molecular weight excluding hydrogens is 578 g/mol. The molecule has 12 heteroatoms. The maximum Gasteiger partial charge on any atom is 0.410 e. The molecular formula is C33H45N5O7. The lowest BCUT2D eigenvalue weighted by Gasteiger charge is -2.30. The van der Waals surface area contributed by atoms with Gasteiger partial charge in [0, 0.05) is 31.0 Å². The van der Waals surface area contributed by atoms with Crippen LogP contribution in [0.3, 0.4) is 0 Å². The molecule has 12 nitrogen and oxygen atoms in total. The normalized spacial score (nSPS) is 29.5. The Labute approximate surface area is 263 Å². The first kappa shape index (κ1) is 32.3. The number of hydrogen-bond donors (Lipinski definition) is 4. The van der Waals surface area contributed by atoms with E-state index in [1.807, 2.05) is 57.2 Å². The minimum atomic E-state index is -1.44. The van der Waals surface area contributed by atoms with Gasteiger partial charge in [-0.2, -0.15) is 0 Å². The van der Waals surface area contributed by atoms with Crippen LogP contribution >= 0.6 is 0 Å². The van der Waals surface area contributed by atoms with Crippen LogP contribution in [0, 0.1) is 5.92 Å².